The minimum atomic E-state index is -0.326. The van der Waals surface area contributed by atoms with E-state index in [-0.39, 0.29) is 17.5 Å². The van der Waals surface area contributed by atoms with Crippen LogP contribution in [0.4, 0.5) is 0 Å². The van der Waals surface area contributed by atoms with Crippen molar-refractivity contribution in [3.8, 4) is 0 Å². The van der Waals surface area contributed by atoms with E-state index in [1.54, 1.807) is 0 Å². The molecule has 0 aromatic heterocycles. The normalized spacial score (nSPS) is 22.5. The van der Waals surface area contributed by atoms with Gasteiger partial charge in [-0.25, -0.2) is 0 Å². The fourth-order valence-electron chi connectivity index (χ4n) is 0.888. The van der Waals surface area contributed by atoms with Crippen molar-refractivity contribution in [2.45, 2.75) is 44.7 Å². The van der Waals surface area contributed by atoms with Crippen LogP contribution >= 0.6 is 0 Å². The number of rotatable bonds is 3. The Morgan fingerprint density at radius 2 is 2.27 bits per heavy atom. The largest absolute Gasteiger partial charge is 0.350 e. The molecule has 1 saturated carbocycles. The maximum Gasteiger partial charge on any atom is 0.237 e. The Bertz CT molecular complexity index is 163. The topological polar surface area (TPSA) is 55.1 Å². The van der Waals surface area contributed by atoms with Crippen LogP contribution in [0, 0.1) is 0 Å². The van der Waals surface area contributed by atoms with Crippen molar-refractivity contribution in [1.29, 1.82) is 0 Å². The zero-order valence-electron chi connectivity index (χ0n) is 7.18. The Balaban J connectivity index is 2.31. The van der Waals surface area contributed by atoms with Crippen LogP contribution in [-0.4, -0.2) is 17.5 Å². The van der Waals surface area contributed by atoms with Crippen LogP contribution in [0.1, 0.15) is 33.1 Å². The molecular weight excluding hydrogens is 140 g/mol. The fourth-order valence-corrected chi connectivity index (χ4v) is 0.888. The van der Waals surface area contributed by atoms with Crippen molar-refractivity contribution < 1.29 is 4.79 Å². The van der Waals surface area contributed by atoms with Gasteiger partial charge >= 0.3 is 0 Å². The summed E-state index contributed by atoms with van der Waals surface area (Å²) in [6, 6.07) is -0.326. The molecule has 11 heavy (non-hydrogen) atoms. The molecule has 1 fully saturated rings. The molecule has 0 heterocycles. The van der Waals surface area contributed by atoms with Crippen molar-refractivity contribution in [3.05, 3.63) is 0 Å². The van der Waals surface area contributed by atoms with Gasteiger partial charge in [-0.05, 0) is 26.2 Å². The molecule has 3 heteroatoms. The smallest absolute Gasteiger partial charge is 0.237 e. The van der Waals surface area contributed by atoms with Crippen LogP contribution in [0.3, 0.4) is 0 Å². The predicted molar refractivity (Wildman–Crippen MR) is 44.0 cm³/mol. The van der Waals surface area contributed by atoms with Gasteiger partial charge in [0, 0.05) is 5.54 Å². The van der Waals surface area contributed by atoms with Gasteiger partial charge in [0.05, 0.1) is 6.04 Å². The molecule has 3 nitrogen and oxygen atoms in total. The zero-order valence-corrected chi connectivity index (χ0v) is 7.18. The highest BCUT2D eigenvalue weighted by Crippen LogP contribution is 2.34. The molecule has 1 atom stereocenters. The van der Waals surface area contributed by atoms with Crippen LogP contribution < -0.4 is 11.1 Å². The first-order valence-corrected chi connectivity index (χ1v) is 4.15. The van der Waals surface area contributed by atoms with E-state index in [2.05, 4.69) is 5.32 Å². The van der Waals surface area contributed by atoms with E-state index in [1.165, 1.54) is 0 Å². The van der Waals surface area contributed by atoms with Crippen LogP contribution in [0.5, 0.6) is 0 Å². The molecule has 0 bridgehead atoms. The van der Waals surface area contributed by atoms with Gasteiger partial charge in [-0.1, -0.05) is 6.92 Å². The predicted octanol–water partition coefficient (Wildman–Crippen LogP) is 0.392. The zero-order chi connectivity index (χ0) is 8.48. The van der Waals surface area contributed by atoms with Gasteiger partial charge in [0.1, 0.15) is 0 Å². The molecule has 1 rings (SSSR count). The number of hydrogen-bond donors (Lipinski definition) is 2. The first kappa shape index (κ1) is 8.53. The van der Waals surface area contributed by atoms with E-state index in [4.69, 9.17) is 5.73 Å². The number of carbonyl (C=O) groups is 1. The van der Waals surface area contributed by atoms with E-state index in [1.807, 2.05) is 13.8 Å². The minimum Gasteiger partial charge on any atom is -0.350 e. The molecule has 0 saturated heterocycles. The average molecular weight is 156 g/mol. The summed E-state index contributed by atoms with van der Waals surface area (Å²) < 4.78 is 0. The average Bonchev–Trinajstić information content (AvgIpc) is 2.66. The Hall–Kier alpha value is -0.570. The van der Waals surface area contributed by atoms with E-state index in [0.29, 0.717) is 6.42 Å². The second kappa shape index (κ2) is 2.81. The number of carbonyl (C=O) groups excluding carboxylic acids is 1. The van der Waals surface area contributed by atoms with E-state index in [0.717, 1.165) is 12.8 Å². The summed E-state index contributed by atoms with van der Waals surface area (Å²) in [5.74, 6) is -0.00694. The Labute approximate surface area is 67.3 Å². The molecule has 1 aliphatic rings. The number of amides is 1. The molecule has 0 aromatic rings. The molecule has 1 unspecified atom stereocenters. The molecule has 0 aliphatic heterocycles. The van der Waals surface area contributed by atoms with Crippen LogP contribution in [0.25, 0.3) is 0 Å². The lowest BCUT2D eigenvalue weighted by Gasteiger charge is -2.14. The molecule has 0 radical (unpaired) electrons. The van der Waals surface area contributed by atoms with Gasteiger partial charge in [0.15, 0.2) is 0 Å². The molecule has 0 spiro atoms. The summed E-state index contributed by atoms with van der Waals surface area (Å²) in [5.41, 5.74) is 5.61. The van der Waals surface area contributed by atoms with Crippen molar-refractivity contribution in [3.63, 3.8) is 0 Å². The maximum absolute atomic E-state index is 11.2. The Kier molecular flexibility index (Phi) is 2.18. The number of nitrogens with two attached hydrogens (primary N) is 1. The standard InChI is InChI=1S/C8H16N2O/c1-3-6(9)7(11)10-8(2)4-5-8/h6H,3-5,9H2,1-2H3,(H,10,11). The van der Waals surface area contributed by atoms with E-state index in [9.17, 15) is 4.79 Å². The minimum absolute atomic E-state index is 0.00694. The summed E-state index contributed by atoms with van der Waals surface area (Å²) in [5, 5.41) is 2.92. The second-order valence-corrected chi connectivity index (χ2v) is 3.56. The van der Waals surface area contributed by atoms with Gasteiger partial charge in [-0.15, -0.1) is 0 Å². The monoisotopic (exact) mass is 156 g/mol. The van der Waals surface area contributed by atoms with Crippen molar-refractivity contribution in [2.24, 2.45) is 5.73 Å². The SMILES string of the molecule is CCC(N)C(=O)NC1(C)CC1. The number of nitrogens with one attached hydrogen (secondary N) is 1. The van der Waals surface area contributed by atoms with Crippen molar-refractivity contribution in [1.82, 2.24) is 5.32 Å². The second-order valence-electron chi connectivity index (χ2n) is 3.56. The highest BCUT2D eigenvalue weighted by molar-refractivity contribution is 5.82. The molecule has 1 amide bonds. The first-order chi connectivity index (χ1) is 5.07. The maximum atomic E-state index is 11.2. The van der Waals surface area contributed by atoms with E-state index >= 15 is 0 Å². The van der Waals surface area contributed by atoms with Gasteiger partial charge < -0.3 is 11.1 Å². The fraction of sp³-hybridized carbons (Fsp3) is 0.875. The van der Waals surface area contributed by atoms with Crippen molar-refractivity contribution >= 4 is 5.91 Å². The van der Waals surface area contributed by atoms with Gasteiger partial charge in [-0.3, -0.25) is 4.79 Å². The van der Waals surface area contributed by atoms with Crippen LogP contribution in [-0.2, 0) is 4.79 Å². The summed E-state index contributed by atoms with van der Waals surface area (Å²) >= 11 is 0. The molecule has 0 aromatic carbocycles. The molecule has 1 aliphatic carbocycles. The lowest BCUT2D eigenvalue weighted by Crippen LogP contribution is -2.45. The highest BCUT2D eigenvalue weighted by atomic mass is 16.2. The lowest BCUT2D eigenvalue weighted by atomic mass is 10.2. The third-order valence-corrected chi connectivity index (χ3v) is 2.20. The van der Waals surface area contributed by atoms with Gasteiger partial charge in [0.2, 0.25) is 5.91 Å². The van der Waals surface area contributed by atoms with Gasteiger partial charge in [-0.2, -0.15) is 0 Å². The third kappa shape index (κ3) is 2.19. The summed E-state index contributed by atoms with van der Waals surface area (Å²) in [6.45, 7) is 3.97. The van der Waals surface area contributed by atoms with Gasteiger partial charge in [0.25, 0.3) is 0 Å². The quantitative estimate of drug-likeness (QED) is 0.621. The van der Waals surface area contributed by atoms with Crippen LogP contribution in [0.15, 0.2) is 0 Å². The van der Waals surface area contributed by atoms with Crippen molar-refractivity contribution in [2.75, 3.05) is 0 Å². The molecule has 3 N–H and O–H groups in total. The van der Waals surface area contributed by atoms with Crippen LogP contribution in [0.2, 0.25) is 0 Å². The first-order valence-electron chi connectivity index (χ1n) is 4.15. The molecular formula is C8H16N2O. The lowest BCUT2D eigenvalue weighted by molar-refractivity contribution is -0.123. The van der Waals surface area contributed by atoms with E-state index < -0.39 is 0 Å². The summed E-state index contributed by atoms with van der Waals surface area (Å²) in [7, 11) is 0. The molecule has 64 valence electrons. The highest BCUT2D eigenvalue weighted by Gasteiger charge is 2.39. The third-order valence-electron chi connectivity index (χ3n) is 2.20. The Morgan fingerprint density at radius 1 is 1.73 bits per heavy atom. The number of hydrogen-bond acceptors (Lipinski definition) is 2. The summed E-state index contributed by atoms with van der Waals surface area (Å²) in [4.78, 5) is 11.2. The summed E-state index contributed by atoms with van der Waals surface area (Å²) in [6.07, 6.45) is 2.90. The Morgan fingerprint density at radius 3 is 2.64 bits per heavy atom.